The summed E-state index contributed by atoms with van der Waals surface area (Å²) < 4.78 is 0. The van der Waals surface area contributed by atoms with Gasteiger partial charge in [0.2, 0.25) is 5.91 Å². The summed E-state index contributed by atoms with van der Waals surface area (Å²) in [5, 5.41) is 23.0. The lowest BCUT2D eigenvalue weighted by Crippen LogP contribution is -2.44. The molecular formula is C21H27NO3. The van der Waals surface area contributed by atoms with Gasteiger partial charge in [-0.25, -0.2) is 0 Å². The highest BCUT2D eigenvalue weighted by Gasteiger charge is 2.37. The lowest BCUT2D eigenvalue weighted by atomic mass is 9.81. The van der Waals surface area contributed by atoms with Crippen molar-refractivity contribution in [3.63, 3.8) is 0 Å². The smallest absolute Gasteiger partial charge is 0.228 e. The van der Waals surface area contributed by atoms with Gasteiger partial charge in [-0.05, 0) is 56.9 Å². The van der Waals surface area contributed by atoms with Crippen molar-refractivity contribution in [1.82, 2.24) is 5.32 Å². The van der Waals surface area contributed by atoms with Crippen LogP contribution < -0.4 is 5.32 Å². The monoisotopic (exact) mass is 341 g/mol. The van der Waals surface area contributed by atoms with Gasteiger partial charge in [0.25, 0.3) is 0 Å². The third kappa shape index (κ3) is 5.07. The second-order valence-electron chi connectivity index (χ2n) is 7.11. The van der Waals surface area contributed by atoms with Crippen molar-refractivity contribution in [2.75, 3.05) is 0 Å². The van der Waals surface area contributed by atoms with Crippen molar-refractivity contribution in [3.05, 3.63) is 65.7 Å². The summed E-state index contributed by atoms with van der Waals surface area (Å²) in [6.45, 7) is 5.43. The molecule has 2 aromatic rings. The first-order valence-electron chi connectivity index (χ1n) is 8.62. The zero-order chi connectivity index (χ0) is 18.4. The summed E-state index contributed by atoms with van der Waals surface area (Å²) in [6.07, 6.45) is 0.777. The maximum Gasteiger partial charge on any atom is 0.228 e. The van der Waals surface area contributed by atoms with Crippen molar-refractivity contribution in [2.45, 2.75) is 45.8 Å². The largest absolute Gasteiger partial charge is 0.508 e. The Morgan fingerprint density at radius 2 is 1.68 bits per heavy atom. The molecule has 0 bridgehead atoms. The number of nitrogens with one attached hydrogen (secondary N) is 1. The van der Waals surface area contributed by atoms with Gasteiger partial charge in [0.1, 0.15) is 5.75 Å². The van der Waals surface area contributed by atoms with Crippen LogP contribution in [0, 0.1) is 5.41 Å². The first-order chi connectivity index (χ1) is 11.8. The highest BCUT2D eigenvalue weighted by Crippen LogP contribution is 2.34. The molecule has 0 aromatic heterocycles. The van der Waals surface area contributed by atoms with Gasteiger partial charge in [0, 0.05) is 6.04 Å². The molecule has 0 radical (unpaired) electrons. The molecule has 2 atom stereocenters. The van der Waals surface area contributed by atoms with Gasteiger partial charge >= 0.3 is 0 Å². The Balaban J connectivity index is 1.94. The van der Waals surface area contributed by atoms with Crippen molar-refractivity contribution in [2.24, 2.45) is 5.41 Å². The van der Waals surface area contributed by atoms with Gasteiger partial charge in [-0.3, -0.25) is 4.79 Å². The van der Waals surface area contributed by atoms with Crippen molar-refractivity contribution >= 4 is 5.91 Å². The third-order valence-electron chi connectivity index (χ3n) is 4.56. The fourth-order valence-corrected chi connectivity index (χ4v) is 2.71. The second kappa shape index (κ2) is 8.17. The molecule has 0 unspecified atom stereocenters. The molecule has 25 heavy (non-hydrogen) atoms. The van der Waals surface area contributed by atoms with Crippen LogP contribution in [-0.2, 0) is 11.2 Å². The van der Waals surface area contributed by atoms with Crippen LogP contribution in [0.3, 0.4) is 0 Å². The van der Waals surface area contributed by atoms with Gasteiger partial charge in [-0.1, -0.05) is 42.5 Å². The second-order valence-corrected chi connectivity index (χ2v) is 7.11. The van der Waals surface area contributed by atoms with E-state index in [1.807, 2.05) is 25.1 Å². The molecule has 4 heteroatoms. The molecule has 2 aromatic carbocycles. The number of amides is 1. The Morgan fingerprint density at radius 3 is 2.28 bits per heavy atom. The number of hydrogen-bond donors (Lipinski definition) is 3. The third-order valence-corrected chi connectivity index (χ3v) is 4.56. The summed E-state index contributed by atoms with van der Waals surface area (Å²) in [5.74, 6) is -0.0543. The molecule has 3 N–H and O–H groups in total. The molecule has 0 saturated carbocycles. The predicted octanol–water partition coefficient (Wildman–Crippen LogP) is 3.59. The number of aliphatic hydroxyl groups excluding tert-OH is 1. The molecule has 0 aliphatic carbocycles. The molecule has 0 aliphatic heterocycles. The van der Waals surface area contributed by atoms with Gasteiger partial charge < -0.3 is 15.5 Å². The molecule has 0 spiro atoms. The quantitative estimate of drug-likeness (QED) is 0.721. The highest BCUT2D eigenvalue weighted by molar-refractivity contribution is 5.83. The molecule has 0 fully saturated rings. The Hall–Kier alpha value is -2.33. The van der Waals surface area contributed by atoms with Crippen LogP contribution >= 0.6 is 0 Å². The van der Waals surface area contributed by atoms with Crippen LogP contribution in [0.2, 0.25) is 0 Å². The zero-order valence-corrected chi connectivity index (χ0v) is 15.1. The molecule has 4 nitrogen and oxygen atoms in total. The number of rotatable bonds is 7. The van der Waals surface area contributed by atoms with E-state index in [0.29, 0.717) is 5.56 Å². The van der Waals surface area contributed by atoms with E-state index in [4.69, 9.17) is 0 Å². The molecule has 0 heterocycles. The van der Waals surface area contributed by atoms with Crippen molar-refractivity contribution in [1.29, 1.82) is 0 Å². The number of benzene rings is 2. The summed E-state index contributed by atoms with van der Waals surface area (Å²) in [7, 11) is 0. The lowest BCUT2D eigenvalue weighted by Gasteiger charge is -2.31. The van der Waals surface area contributed by atoms with E-state index in [2.05, 4.69) is 17.4 Å². The number of hydrogen-bond acceptors (Lipinski definition) is 3. The SMILES string of the molecule is C[C@H](CCc1ccccc1)NC(=O)C(C)(C)[C@H](O)c1ccc(O)cc1. The minimum Gasteiger partial charge on any atom is -0.508 e. The average molecular weight is 341 g/mol. The van der Waals surface area contributed by atoms with Crippen LogP contribution in [0.4, 0.5) is 0 Å². The molecular weight excluding hydrogens is 314 g/mol. The number of phenolic OH excluding ortho intramolecular Hbond substituents is 1. The zero-order valence-electron chi connectivity index (χ0n) is 15.1. The van der Waals surface area contributed by atoms with Crippen LogP contribution in [0.1, 0.15) is 44.4 Å². The van der Waals surface area contributed by atoms with E-state index in [1.165, 1.54) is 17.7 Å². The topological polar surface area (TPSA) is 69.6 Å². The normalized spacial score (nSPS) is 13.9. The van der Waals surface area contributed by atoms with Gasteiger partial charge in [-0.2, -0.15) is 0 Å². The summed E-state index contributed by atoms with van der Waals surface area (Å²) in [6, 6.07) is 16.5. The van der Waals surface area contributed by atoms with Gasteiger partial charge in [0.05, 0.1) is 11.5 Å². The van der Waals surface area contributed by atoms with E-state index in [0.717, 1.165) is 12.8 Å². The molecule has 1 amide bonds. The Kier molecular flexibility index (Phi) is 6.21. The summed E-state index contributed by atoms with van der Waals surface area (Å²) in [5.41, 5.74) is 0.875. The fraction of sp³-hybridized carbons (Fsp3) is 0.381. The fourth-order valence-electron chi connectivity index (χ4n) is 2.71. The molecule has 134 valence electrons. The molecule has 0 aliphatic rings. The highest BCUT2D eigenvalue weighted by atomic mass is 16.3. The van der Waals surface area contributed by atoms with Gasteiger partial charge in [0.15, 0.2) is 0 Å². The Morgan fingerprint density at radius 1 is 1.08 bits per heavy atom. The van der Waals surface area contributed by atoms with E-state index in [1.54, 1.807) is 26.0 Å². The predicted molar refractivity (Wildman–Crippen MR) is 99.2 cm³/mol. The number of aryl methyl sites for hydroxylation is 1. The lowest BCUT2D eigenvalue weighted by molar-refractivity contribution is -0.136. The minimum atomic E-state index is -0.974. The van der Waals surface area contributed by atoms with Crippen LogP contribution in [-0.4, -0.2) is 22.2 Å². The molecule has 2 rings (SSSR count). The maximum absolute atomic E-state index is 12.6. The number of aromatic hydroxyl groups is 1. The summed E-state index contributed by atoms with van der Waals surface area (Å²) in [4.78, 5) is 12.6. The van der Waals surface area contributed by atoms with E-state index >= 15 is 0 Å². The number of phenols is 1. The van der Waals surface area contributed by atoms with E-state index in [-0.39, 0.29) is 17.7 Å². The maximum atomic E-state index is 12.6. The van der Waals surface area contributed by atoms with E-state index in [9.17, 15) is 15.0 Å². The van der Waals surface area contributed by atoms with Crippen LogP contribution in [0.5, 0.6) is 5.75 Å². The standard InChI is InChI=1S/C21H27NO3/c1-15(9-10-16-7-5-4-6-8-16)22-20(25)21(2,3)19(24)17-11-13-18(23)14-12-17/h4-8,11-15,19,23-24H,9-10H2,1-3H3,(H,22,25)/t15-,19-/m1/s1. The van der Waals surface area contributed by atoms with Crippen LogP contribution in [0.15, 0.2) is 54.6 Å². The molecule has 0 saturated heterocycles. The number of aliphatic hydroxyl groups is 1. The van der Waals surface area contributed by atoms with Gasteiger partial charge in [-0.15, -0.1) is 0 Å². The first kappa shape index (κ1) is 19.0. The van der Waals surface area contributed by atoms with Crippen LogP contribution in [0.25, 0.3) is 0 Å². The van der Waals surface area contributed by atoms with Crippen molar-refractivity contribution in [3.8, 4) is 5.75 Å². The minimum absolute atomic E-state index is 0.0130. The first-order valence-corrected chi connectivity index (χ1v) is 8.62. The Bertz CT molecular complexity index is 680. The van der Waals surface area contributed by atoms with Crippen molar-refractivity contribution < 1.29 is 15.0 Å². The number of carbonyl (C=O) groups is 1. The van der Waals surface area contributed by atoms with E-state index < -0.39 is 11.5 Å². The summed E-state index contributed by atoms with van der Waals surface area (Å²) >= 11 is 0. The number of carbonyl (C=O) groups excluding carboxylic acids is 1. The average Bonchev–Trinajstić information content (AvgIpc) is 2.60. The Labute approximate surface area is 149 Å².